The minimum absolute atomic E-state index is 0.307. The van der Waals surface area contributed by atoms with E-state index in [1.54, 1.807) is 0 Å². The van der Waals surface area contributed by atoms with Crippen molar-refractivity contribution in [1.29, 1.82) is 0 Å². The number of carbonyl (C=O) groups is 1. The first-order chi connectivity index (χ1) is 7.39. The molecule has 0 spiro atoms. The molecule has 1 N–H and O–H groups in total. The molecule has 3 heteroatoms. The van der Waals surface area contributed by atoms with Gasteiger partial charge in [0.15, 0.2) is 0 Å². The van der Waals surface area contributed by atoms with Gasteiger partial charge in [0.1, 0.15) is 5.60 Å². The Bertz CT molecular complexity index is 197. The van der Waals surface area contributed by atoms with Crippen molar-refractivity contribution in [3.05, 3.63) is 0 Å². The molecule has 1 atom stereocenters. The summed E-state index contributed by atoms with van der Waals surface area (Å²) >= 11 is 0. The van der Waals surface area contributed by atoms with Gasteiger partial charge in [-0.05, 0) is 33.1 Å². The Balaban J connectivity index is 3.68. The van der Waals surface area contributed by atoms with Crippen molar-refractivity contribution in [3.8, 4) is 0 Å². The summed E-state index contributed by atoms with van der Waals surface area (Å²) < 4.78 is 5.16. The third kappa shape index (κ3) is 8.57. The Labute approximate surface area is 99.9 Å². The largest absolute Gasteiger partial charge is 0.444 e. The Morgan fingerprint density at radius 2 is 1.88 bits per heavy atom. The molecule has 0 aromatic heterocycles. The van der Waals surface area contributed by atoms with Gasteiger partial charge in [-0.2, -0.15) is 0 Å². The van der Waals surface area contributed by atoms with Gasteiger partial charge in [0.25, 0.3) is 0 Å². The highest BCUT2D eigenvalue weighted by Crippen LogP contribution is 2.14. The van der Waals surface area contributed by atoms with Crippen LogP contribution < -0.4 is 5.32 Å². The summed E-state index contributed by atoms with van der Waals surface area (Å²) in [5, 5.41) is 2.80. The summed E-state index contributed by atoms with van der Waals surface area (Å²) in [5.74, 6) is 0.722. The highest BCUT2D eigenvalue weighted by Gasteiger charge is 2.15. The predicted octanol–water partition coefficient (Wildman–Crippen LogP) is 3.73. The van der Waals surface area contributed by atoms with E-state index in [1.165, 1.54) is 19.3 Å². The number of rotatable bonds is 6. The lowest BCUT2D eigenvalue weighted by atomic mass is 9.97. The summed E-state index contributed by atoms with van der Waals surface area (Å²) in [6.45, 7) is 10.7. The lowest BCUT2D eigenvalue weighted by Gasteiger charge is -2.20. The van der Waals surface area contributed by atoms with E-state index in [2.05, 4.69) is 19.2 Å². The first-order valence-electron chi connectivity index (χ1n) is 6.35. The zero-order valence-corrected chi connectivity index (χ0v) is 11.4. The van der Waals surface area contributed by atoms with Crippen LogP contribution in [0.5, 0.6) is 0 Å². The summed E-state index contributed by atoms with van der Waals surface area (Å²) in [5.41, 5.74) is -0.405. The van der Waals surface area contributed by atoms with Gasteiger partial charge in [-0.1, -0.05) is 33.1 Å². The Kier molecular flexibility index (Phi) is 7.18. The molecule has 3 nitrogen and oxygen atoms in total. The SMILES string of the molecule is CCCC(CC)CCNC(=O)OC(C)(C)C. The first kappa shape index (κ1) is 15.3. The average molecular weight is 229 g/mol. The summed E-state index contributed by atoms with van der Waals surface area (Å²) in [6, 6.07) is 0. The number of amides is 1. The Morgan fingerprint density at radius 3 is 2.31 bits per heavy atom. The van der Waals surface area contributed by atoms with Gasteiger partial charge >= 0.3 is 6.09 Å². The van der Waals surface area contributed by atoms with Crippen LogP contribution in [-0.4, -0.2) is 18.2 Å². The molecule has 0 bridgehead atoms. The maximum absolute atomic E-state index is 11.4. The van der Waals surface area contributed by atoms with Crippen LogP contribution >= 0.6 is 0 Å². The molecular formula is C13H27NO2. The highest BCUT2D eigenvalue weighted by atomic mass is 16.6. The molecule has 0 radical (unpaired) electrons. The van der Waals surface area contributed by atoms with Crippen LogP contribution in [0, 0.1) is 5.92 Å². The second-order valence-electron chi connectivity index (χ2n) is 5.28. The van der Waals surface area contributed by atoms with E-state index in [1.807, 2.05) is 20.8 Å². The maximum atomic E-state index is 11.4. The van der Waals surface area contributed by atoms with Gasteiger partial charge in [-0.3, -0.25) is 0 Å². The van der Waals surface area contributed by atoms with Crippen LogP contribution in [0.3, 0.4) is 0 Å². The van der Waals surface area contributed by atoms with Crippen molar-refractivity contribution in [2.24, 2.45) is 5.92 Å². The smallest absolute Gasteiger partial charge is 0.407 e. The maximum Gasteiger partial charge on any atom is 0.407 e. The second-order valence-corrected chi connectivity index (χ2v) is 5.28. The monoisotopic (exact) mass is 229 g/mol. The molecule has 0 aliphatic rings. The van der Waals surface area contributed by atoms with Crippen LogP contribution in [0.4, 0.5) is 4.79 Å². The van der Waals surface area contributed by atoms with Crippen molar-refractivity contribution in [2.75, 3.05) is 6.54 Å². The normalized spacial score (nSPS) is 13.3. The number of alkyl carbamates (subject to hydrolysis) is 1. The van der Waals surface area contributed by atoms with Crippen LogP contribution in [0.15, 0.2) is 0 Å². The molecule has 1 unspecified atom stereocenters. The summed E-state index contributed by atoms with van der Waals surface area (Å²) in [7, 11) is 0. The molecule has 16 heavy (non-hydrogen) atoms. The van der Waals surface area contributed by atoms with E-state index in [9.17, 15) is 4.79 Å². The van der Waals surface area contributed by atoms with Crippen LogP contribution in [0.2, 0.25) is 0 Å². The average Bonchev–Trinajstić information content (AvgIpc) is 2.13. The first-order valence-corrected chi connectivity index (χ1v) is 6.35. The highest BCUT2D eigenvalue weighted by molar-refractivity contribution is 5.67. The van der Waals surface area contributed by atoms with Crippen LogP contribution in [0.1, 0.15) is 60.3 Å². The second kappa shape index (κ2) is 7.53. The van der Waals surface area contributed by atoms with Gasteiger partial charge < -0.3 is 10.1 Å². The molecule has 0 aromatic carbocycles. The van der Waals surface area contributed by atoms with Crippen molar-refractivity contribution in [2.45, 2.75) is 65.9 Å². The van der Waals surface area contributed by atoms with Crippen LogP contribution in [0.25, 0.3) is 0 Å². The molecule has 0 saturated carbocycles. The molecular weight excluding hydrogens is 202 g/mol. The third-order valence-corrected chi connectivity index (χ3v) is 2.50. The van der Waals surface area contributed by atoms with Gasteiger partial charge in [0.2, 0.25) is 0 Å². The van der Waals surface area contributed by atoms with E-state index in [0.29, 0.717) is 6.54 Å². The zero-order valence-electron chi connectivity index (χ0n) is 11.4. The number of nitrogens with one attached hydrogen (secondary N) is 1. The quantitative estimate of drug-likeness (QED) is 0.753. The Morgan fingerprint density at radius 1 is 1.25 bits per heavy atom. The molecule has 0 fully saturated rings. The van der Waals surface area contributed by atoms with Crippen molar-refractivity contribution < 1.29 is 9.53 Å². The fraction of sp³-hybridized carbons (Fsp3) is 0.923. The molecule has 0 saturated heterocycles. The van der Waals surface area contributed by atoms with E-state index >= 15 is 0 Å². The number of ether oxygens (including phenoxy) is 1. The summed E-state index contributed by atoms with van der Waals surface area (Å²) in [4.78, 5) is 11.4. The third-order valence-electron chi connectivity index (χ3n) is 2.50. The molecule has 0 aliphatic carbocycles. The van der Waals surface area contributed by atoms with E-state index in [0.717, 1.165) is 12.3 Å². The van der Waals surface area contributed by atoms with E-state index in [4.69, 9.17) is 4.74 Å². The minimum Gasteiger partial charge on any atom is -0.444 e. The molecule has 0 aliphatic heterocycles. The molecule has 96 valence electrons. The Hall–Kier alpha value is -0.730. The lowest BCUT2D eigenvalue weighted by molar-refractivity contribution is 0.0524. The lowest BCUT2D eigenvalue weighted by Crippen LogP contribution is -2.33. The van der Waals surface area contributed by atoms with Gasteiger partial charge in [0, 0.05) is 6.54 Å². The van der Waals surface area contributed by atoms with Crippen molar-refractivity contribution >= 4 is 6.09 Å². The summed E-state index contributed by atoms with van der Waals surface area (Å²) in [6.07, 6.45) is 4.38. The van der Waals surface area contributed by atoms with Gasteiger partial charge in [-0.15, -0.1) is 0 Å². The number of carbonyl (C=O) groups excluding carboxylic acids is 1. The number of hydrogen-bond donors (Lipinski definition) is 1. The fourth-order valence-electron chi connectivity index (χ4n) is 1.65. The molecule has 0 aromatic rings. The predicted molar refractivity (Wildman–Crippen MR) is 67.5 cm³/mol. The standard InChI is InChI=1S/C13H27NO2/c1-6-8-11(7-2)9-10-14-12(15)16-13(3,4)5/h11H,6-10H2,1-5H3,(H,14,15). The van der Waals surface area contributed by atoms with Crippen molar-refractivity contribution in [1.82, 2.24) is 5.32 Å². The van der Waals surface area contributed by atoms with E-state index < -0.39 is 5.60 Å². The minimum atomic E-state index is -0.405. The van der Waals surface area contributed by atoms with Crippen molar-refractivity contribution in [3.63, 3.8) is 0 Å². The molecule has 1 amide bonds. The molecule has 0 heterocycles. The molecule has 0 rings (SSSR count). The van der Waals surface area contributed by atoms with Crippen LogP contribution in [-0.2, 0) is 4.74 Å². The van der Waals surface area contributed by atoms with E-state index in [-0.39, 0.29) is 6.09 Å². The zero-order chi connectivity index (χ0) is 12.6. The number of hydrogen-bond acceptors (Lipinski definition) is 2. The van der Waals surface area contributed by atoms with Gasteiger partial charge in [0.05, 0.1) is 0 Å². The fourth-order valence-corrected chi connectivity index (χ4v) is 1.65. The topological polar surface area (TPSA) is 38.3 Å². The van der Waals surface area contributed by atoms with Gasteiger partial charge in [-0.25, -0.2) is 4.79 Å².